The van der Waals surface area contributed by atoms with Gasteiger partial charge in [0.15, 0.2) is 25.0 Å². The third kappa shape index (κ3) is 14.4. The van der Waals surface area contributed by atoms with E-state index in [9.17, 15) is 22.8 Å². The minimum absolute atomic E-state index is 0.0358. The topological polar surface area (TPSA) is 84.0 Å². The number of aromatic nitrogens is 1. The van der Waals surface area contributed by atoms with Crippen molar-refractivity contribution in [2.24, 2.45) is 17.3 Å². The van der Waals surface area contributed by atoms with E-state index in [2.05, 4.69) is 88.5 Å². The summed E-state index contributed by atoms with van der Waals surface area (Å²) in [5, 5.41) is 2.52. The van der Waals surface area contributed by atoms with E-state index in [1.165, 1.54) is 17.4 Å². The Balaban J connectivity index is 2.76. The molecule has 1 aromatic rings. The normalized spacial score (nSPS) is 25.7. The van der Waals surface area contributed by atoms with Crippen LogP contribution in [0.5, 0.6) is 0 Å². The summed E-state index contributed by atoms with van der Waals surface area (Å²) in [6, 6.07) is 2.41. The molecule has 2 rings (SSSR count). The lowest BCUT2D eigenvalue weighted by Crippen LogP contribution is -2.53. The van der Waals surface area contributed by atoms with Crippen molar-refractivity contribution < 1.29 is 40.8 Å². The Hall–Kier alpha value is -1.69. The molecule has 7 nitrogen and oxygen atoms in total. The number of hydrogen-bond acceptors (Lipinski definition) is 8. The highest BCUT2D eigenvalue weighted by atomic mass is 32.1. The van der Waals surface area contributed by atoms with Gasteiger partial charge in [0.1, 0.15) is 16.9 Å². The number of carbonyl (C=O) groups excluding carboxylic acids is 2. The van der Waals surface area contributed by atoms with Crippen molar-refractivity contribution in [2.75, 3.05) is 0 Å². The maximum atomic E-state index is 14.9. The van der Waals surface area contributed by atoms with E-state index >= 15 is 0 Å². The maximum Gasteiger partial charge on any atom is 0.412 e. The lowest BCUT2D eigenvalue weighted by atomic mass is 9.73. The molecule has 0 N–H and O–H groups in total. The molecule has 0 aliphatic carbocycles. The van der Waals surface area contributed by atoms with Gasteiger partial charge in [0.05, 0.1) is 30.9 Å². The van der Waals surface area contributed by atoms with E-state index in [1.54, 1.807) is 19.1 Å². The van der Waals surface area contributed by atoms with Crippen LogP contribution in [0.4, 0.5) is 13.2 Å². The van der Waals surface area contributed by atoms with Gasteiger partial charge in [0.2, 0.25) is 0 Å². The quantitative estimate of drug-likeness (QED) is 0.117. The zero-order valence-electron chi connectivity index (χ0n) is 39.7. The smallest absolute Gasteiger partial charge is 0.412 e. The predicted octanol–water partition coefficient (Wildman–Crippen LogP) is 13.9. The Bertz CT molecular complexity index is 1640. The third-order valence-corrected chi connectivity index (χ3v) is 28.0. The summed E-state index contributed by atoms with van der Waals surface area (Å²) in [6.45, 7) is 37.4. The first kappa shape index (κ1) is 53.4. The number of allylic oxidation sites excluding steroid dienone is 2. The minimum Gasteiger partial charge on any atom is -0.457 e. The van der Waals surface area contributed by atoms with Crippen LogP contribution in [0.1, 0.15) is 127 Å². The lowest BCUT2D eigenvalue weighted by molar-refractivity contribution is -0.153. The number of ketones is 1. The molecule has 5 atom stereocenters. The predicted molar refractivity (Wildman–Crippen MR) is 246 cm³/mol. The van der Waals surface area contributed by atoms with Gasteiger partial charge in [-0.15, -0.1) is 11.3 Å². The fraction of sp³-hybridized carbons (Fsp3) is 0.756. The fourth-order valence-electron chi connectivity index (χ4n) is 6.83. The Labute approximate surface area is 362 Å². The number of ether oxygens (including phenoxy) is 1. The number of hydrogen-bond donors (Lipinski definition) is 0. The van der Waals surface area contributed by atoms with E-state index < -0.39 is 72.3 Å². The van der Waals surface area contributed by atoms with E-state index in [1.807, 2.05) is 33.1 Å². The monoisotopic (exact) mass is 901 g/mol. The molecule has 2 heterocycles. The number of cyclic esters (lactones) is 1. The number of thiazole rings is 1. The summed E-state index contributed by atoms with van der Waals surface area (Å²) in [5.41, 5.74) is -0.699. The molecule has 0 bridgehead atoms. The van der Waals surface area contributed by atoms with Gasteiger partial charge in [-0.2, -0.15) is 13.2 Å². The number of esters is 1. The molecule has 0 amide bonds. The molecule has 59 heavy (non-hydrogen) atoms. The van der Waals surface area contributed by atoms with Crippen molar-refractivity contribution in [2.45, 2.75) is 202 Å². The molecular weight excluding hydrogens is 824 g/mol. The van der Waals surface area contributed by atoms with Crippen molar-refractivity contribution in [3.63, 3.8) is 0 Å². The lowest BCUT2D eigenvalue weighted by Gasteiger charge is -2.45. The standard InChI is InChI=1S/C45H78F3NO6SSi3/c1-19-59(20-2,21-3)54-37-28-39(50)53-36(32(5)27-35-30-56-38(49-35)29-52-57(15,16)42(7,8)9)26-25-34(45(46,47)48)24-22-23-31(4)40(33(6)41(51)44(37,13)14)55-58(17,18)43(10,11)12/h22-23,25,27,30-31,33,36-37,40H,19-21,24,26,28-29H2,1-18H3/b23-22+,32-27-,34-25+/t31-,33+,36?,37-,40-/m0/s1. The highest BCUT2D eigenvalue weighted by molar-refractivity contribution is 7.09. The van der Waals surface area contributed by atoms with Crippen LogP contribution in [0.2, 0.25) is 54.4 Å². The molecule has 0 fully saturated rings. The Kier molecular flexibility index (Phi) is 18.7. The second kappa shape index (κ2) is 20.7. The number of Topliss-reactive ketones (excluding diaryl/α,β-unsaturated/α-hetero) is 1. The SMILES string of the molecule is CC[Si](CC)(CC)O[C@H]1CC(=O)OC(/C(C)=C\c2csc(CO[Si](C)(C)C(C)(C)C)n2)C/C=C(/C(F)(F)F)C/C=C/[C@H](C)[C@H](O[Si](C)(C)C(C)(C)C)[C@@H](C)C(=O)C1(C)C. The second-order valence-corrected chi connectivity index (χ2v) is 35.5. The maximum absolute atomic E-state index is 14.9. The first-order valence-electron chi connectivity index (χ1n) is 21.6. The number of nitrogens with zero attached hydrogens (tertiary/aromatic N) is 1. The summed E-state index contributed by atoms with van der Waals surface area (Å²) in [7, 11) is -6.87. The average molecular weight is 902 g/mol. The zero-order chi connectivity index (χ0) is 45.6. The van der Waals surface area contributed by atoms with Crippen LogP contribution in [0.25, 0.3) is 6.08 Å². The highest BCUT2D eigenvalue weighted by Gasteiger charge is 2.49. The number of alkyl halides is 3. The van der Waals surface area contributed by atoms with Gasteiger partial charge in [-0.25, -0.2) is 4.98 Å². The molecular formula is C45H78F3NO6SSi3. The third-order valence-electron chi connectivity index (χ3n) is 13.6. The van der Waals surface area contributed by atoms with Crippen LogP contribution in [0.3, 0.4) is 0 Å². The van der Waals surface area contributed by atoms with E-state index in [-0.39, 0.29) is 41.0 Å². The van der Waals surface area contributed by atoms with Crippen LogP contribution < -0.4 is 0 Å². The second-order valence-electron chi connectivity index (χ2n) is 20.3. The Morgan fingerprint density at radius 2 is 1.51 bits per heavy atom. The van der Waals surface area contributed by atoms with Gasteiger partial charge in [-0.3, -0.25) is 9.59 Å². The van der Waals surface area contributed by atoms with E-state index in [0.717, 1.165) is 29.2 Å². The highest BCUT2D eigenvalue weighted by Crippen LogP contribution is 2.43. The molecule has 14 heteroatoms. The van der Waals surface area contributed by atoms with Crippen LogP contribution in [0.15, 0.2) is 34.8 Å². The van der Waals surface area contributed by atoms with Crippen LogP contribution in [-0.4, -0.2) is 66.2 Å². The van der Waals surface area contributed by atoms with Crippen LogP contribution in [0, 0.1) is 17.3 Å². The van der Waals surface area contributed by atoms with Crippen molar-refractivity contribution >= 4 is 54.1 Å². The summed E-state index contributed by atoms with van der Waals surface area (Å²) < 4.78 is 70.5. The van der Waals surface area contributed by atoms with E-state index in [0.29, 0.717) is 17.9 Å². The summed E-state index contributed by atoms with van der Waals surface area (Å²) in [5.74, 6) is -1.78. The largest absolute Gasteiger partial charge is 0.457 e. The Morgan fingerprint density at radius 3 is 2.02 bits per heavy atom. The summed E-state index contributed by atoms with van der Waals surface area (Å²) in [6.07, 6.45) is -1.67. The molecule has 0 saturated carbocycles. The first-order valence-corrected chi connectivity index (χ1v) is 30.8. The molecule has 1 aliphatic rings. The molecule has 0 radical (unpaired) electrons. The number of carbonyl (C=O) groups is 2. The molecule has 0 spiro atoms. The van der Waals surface area contributed by atoms with Gasteiger partial charge in [-0.1, -0.05) is 108 Å². The average Bonchev–Trinajstić information content (AvgIpc) is 3.56. The summed E-state index contributed by atoms with van der Waals surface area (Å²) >= 11 is 1.45. The first-order chi connectivity index (χ1) is 26.8. The molecule has 0 aromatic carbocycles. The van der Waals surface area contributed by atoms with Gasteiger partial charge in [0.25, 0.3) is 0 Å². The van der Waals surface area contributed by atoms with E-state index in [4.69, 9.17) is 23.0 Å². The summed E-state index contributed by atoms with van der Waals surface area (Å²) in [4.78, 5) is 33.9. The molecule has 1 unspecified atom stereocenters. The van der Waals surface area contributed by atoms with Crippen molar-refractivity contribution in [3.05, 3.63) is 45.5 Å². The minimum atomic E-state index is -4.61. The number of rotatable bonds is 12. The fourth-order valence-corrected chi connectivity index (χ4v) is 13.0. The molecule has 1 aromatic heterocycles. The molecule has 0 saturated heterocycles. The van der Waals surface area contributed by atoms with Crippen LogP contribution in [-0.2, 0) is 34.2 Å². The van der Waals surface area contributed by atoms with Crippen molar-refractivity contribution in [1.82, 2.24) is 4.98 Å². The zero-order valence-corrected chi connectivity index (χ0v) is 43.5. The van der Waals surface area contributed by atoms with Crippen molar-refractivity contribution in [1.29, 1.82) is 0 Å². The molecule has 1 aliphatic heterocycles. The Morgan fingerprint density at radius 1 is 0.949 bits per heavy atom. The van der Waals surface area contributed by atoms with Gasteiger partial charge >= 0.3 is 12.1 Å². The molecule has 338 valence electrons. The van der Waals surface area contributed by atoms with Gasteiger partial charge in [-0.05, 0) is 85.3 Å². The van der Waals surface area contributed by atoms with Gasteiger partial charge < -0.3 is 18.0 Å². The van der Waals surface area contributed by atoms with Crippen molar-refractivity contribution in [3.8, 4) is 0 Å². The van der Waals surface area contributed by atoms with Crippen LogP contribution >= 0.6 is 11.3 Å². The number of halogens is 3. The van der Waals surface area contributed by atoms with Gasteiger partial charge in [0, 0.05) is 28.7 Å².